The molecule has 0 aliphatic heterocycles. The Labute approximate surface area is 151 Å². The molecule has 0 fully saturated rings. The molecular formula is C19H21N3O2S. The minimum absolute atomic E-state index is 0.00660. The molecule has 1 heterocycles. The van der Waals surface area contributed by atoms with Gasteiger partial charge >= 0.3 is 0 Å². The van der Waals surface area contributed by atoms with Gasteiger partial charge in [0.05, 0.1) is 23.4 Å². The Kier molecular flexibility index (Phi) is 5.28. The summed E-state index contributed by atoms with van der Waals surface area (Å²) < 4.78 is 7.16. The van der Waals surface area contributed by atoms with E-state index < -0.39 is 0 Å². The number of aromatic nitrogens is 2. The van der Waals surface area contributed by atoms with Gasteiger partial charge in [-0.1, -0.05) is 36.0 Å². The number of imidazole rings is 1. The smallest absolute Gasteiger partial charge is 0.233 e. The molecule has 0 saturated heterocycles. The van der Waals surface area contributed by atoms with E-state index in [0.29, 0.717) is 6.54 Å². The summed E-state index contributed by atoms with van der Waals surface area (Å²) in [6, 6.07) is 15.6. The van der Waals surface area contributed by atoms with Crippen molar-refractivity contribution in [3.8, 4) is 5.75 Å². The first-order chi connectivity index (χ1) is 12.1. The monoisotopic (exact) mass is 355 g/mol. The normalized spacial score (nSPS) is 12.1. The van der Waals surface area contributed by atoms with E-state index in [1.807, 2.05) is 67.1 Å². The highest BCUT2D eigenvalue weighted by Crippen LogP contribution is 2.26. The lowest BCUT2D eigenvalue weighted by atomic mass is 10.2. The molecule has 0 saturated carbocycles. The van der Waals surface area contributed by atoms with Crippen LogP contribution in [0.3, 0.4) is 0 Å². The molecule has 0 aliphatic rings. The maximum Gasteiger partial charge on any atom is 0.233 e. The van der Waals surface area contributed by atoms with Gasteiger partial charge in [0, 0.05) is 13.6 Å². The van der Waals surface area contributed by atoms with Gasteiger partial charge in [0.25, 0.3) is 0 Å². The average molecular weight is 355 g/mol. The van der Waals surface area contributed by atoms with Crippen molar-refractivity contribution in [3.63, 3.8) is 0 Å². The van der Waals surface area contributed by atoms with Crippen molar-refractivity contribution in [2.24, 2.45) is 7.05 Å². The molecule has 1 amide bonds. The molecular weight excluding hydrogens is 334 g/mol. The van der Waals surface area contributed by atoms with Crippen molar-refractivity contribution in [1.29, 1.82) is 0 Å². The second-order valence-corrected chi connectivity index (χ2v) is 7.08. The zero-order valence-electron chi connectivity index (χ0n) is 14.5. The van der Waals surface area contributed by atoms with Gasteiger partial charge in [0.2, 0.25) is 5.91 Å². The molecule has 1 N–H and O–H groups in total. The Morgan fingerprint density at radius 1 is 1.24 bits per heavy atom. The summed E-state index contributed by atoms with van der Waals surface area (Å²) in [4.78, 5) is 17.0. The fraction of sp³-hybridized carbons (Fsp3) is 0.263. The number of carbonyl (C=O) groups excluding carboxylic acids is 1. The summed E-state index contributed by atoms with van der Waals surface area (Å²) in [6.45, 7) is 2.39. The van der Waals surface area contributed by atoms with Crippen molar-refractivity contribution in [2.45, 2.75) is 23.9 Å². The number of ether oxygens (including phenoxy) is 1. The van der Waals surface area contributed by atoms with Crippen LogP contribution in [0.15, 0.2) is 53.7 Å². The highest BCUT2D eigenvalue weighted by atomic mass is 32.2. The minimum atomic E-state index is -0.228. The SMILES string of the molecule is COc1ccc(CNC(=O)[C@H](C)Sc2nc3ccccc3n2C)cc1. The number of benzene rings is 2. The van der Waals surface area contributed by atoms with Crippen LogP contribution in [0, 0.1) is 0 Å². The number of rotatable bonds is 6. The van der Waals surface area contributed by atoms with Gasteiger partial charge in [-0.25, -0.2) is 4.98 Å². The number of para-hydroxylation sites is 2. The third-order valence-electron chi connectivity index (χ3n) is 4.02. The van der Waals surface area contributed by atoms with Gasteiger partial charge in [-0.2, -0.15) is 0 Å². The quantitative estimate of drug-likeness (QED) is 0.689. The van der Waals surface area contributed by atoms with Crippen LogP contribution in [-0.2, 0) is 18.4 Å². The third-order valence-corrected chi connectivity index (χ3v) is 5.17. The molecule has 0 aliphatic carbocycles. The maximum absolute atomic E-state index is 12.4. The van der Waals surface area contributed by atoms with Crippen LogP contribution in [0.1, 0.15) is 12.5 Å². The van der Waals surface area contributed by atoms with Gasteiger partial charge < -0.3 is 14.6 Å². The summed E-state index contributed by atoms with van der Waals surface area (Å²) in [7, 11) is 3.61. The highest BCUT2D eigenvalue weighted by Gasteiger charge is 2.18. The van der Waals surface area contributed by atoms with Crippen LogP contribution < -0.4 is 10.1 Å². The molecule has 0 bridgehead atoms. The van der Waals surface area contributed by atoms with Gasteiger partial charge in [0.1, 0.15) is 5.75 Å². The van der Waals surface area contributed by atoms with Crippen molar-refractivity contribution in [1.82, 2.24) is 14.9 Å². The first kappa shape index (κ1) is 17.4. The number of fused-ring (bicyclic) bond motifs is 1. The van der Waals surface area contributed by atoms with E-state index in [2.05, 4.69) is 10.3 Å². The standard InChI is InChI=1S/C19H21N3O2S/c1-13(18(23)20-12-14-8-10-15(24-3)11-9-14)25-19-21-16-6-4-5-7-17(16)22(19)2/h4-11,13H,12H2,1-3H3,(H,20,23)/t13-/m0/s1. The largest absolute Gasteiger partial charge is 0.497 e. The number of aryl methyl sites for hydroxylation is 1. The van der Waals surface area contributed by atoms with Gasteiger partial charge in [-0.15, -0.1) is 0 Å². The second kappa shape index (κ2) is 7.61. The Bertz CT molecular complexity index is 874. The van der Waals surface area contributed by atoms with Crippen LogP contribution in [0.4, 0.5) is 0 Å². The van der Waals surface area contributed by atoms with Crippen LogP contribution in [0.25, 0.3) is 11.0 Å². The fourth-order valence-corrected chi connectivity index (χ4v) is 3.43. The first-order valence-corrected chi connectivity index (χ1v) is 8.95. The summed E-state index contributed by atoms with van der Waals surface area (Å²) in [5.74, 6) is 0.800. The summed E-state index contributed by atoms with van der Waals surface area (Å²) in [5, 5.41) is 3.59. The Morgan fingerprint density at radius 3 is 2.64 bits per heavy atom. The molecule has 2 aromatic carbocycles. The second-order valence-electron chi connectivity index (χ2n) is 5.77. The van der Waals surface area contributed by atoms with Gasteiger partial charge in [0.15, 0.2) is 5.16 Å². The van der Waals surface area contributed by atoms with E-state index in [9.17, 15) is 4.79 Å². The molecule has 25 heavy (non-hydrogen) atoms. The molecule has 5 nitrogen and oxygen atoms in total. The Hall–Kier alpha value is -2.47. The zero-order valence-corrected chi connectivity index (χ0v) is 15.3. The van der Waals surface area contributed by atoms with Crippen LogP contribution in [0.5, 0.6) is 5.75 Å². The van der Waals surface area contributed by atoms with Crippen molar-refractivity contribution in [3.05, 3.63) is 54.1 Å². The topological polar surface area (TPSA) is 56.1 Å². The van der Waals surface area contributed by atoms with Crippen molar-refractivity contribution < 1.29 is 9.53 Å². The molecule has 1 aromatic heterocycles. The Balaban J connectivity index is 1.60. The lowest BCUT2D eigenvalue weighted by Gasteiger charge is -2.12. The van der Waals surface area contributed by atoms with Gasteiger partial charge in [-0.3, -0.25) is 4.79 Å². The highest BCUT2D eigenvalue weighted by molar-refractivity contribution is 8.00. The lowest BCUT2D eigenvalue weighted by Crippen LogP contribution is -2.30. The third kappa shape index (κ3) is 3.96. The molecule has 3 aromatic rings. The molecule has 3 rings (SSSR count). The van der Waals surface area contributed by atoms with E-state index in [-0.39, 0.29) is 11.2 Å². The fourth-order valence-electron chi connectivity index (χ4n) is 2.52. The summed E-state index contributed by atoms with van der Waals surface area (Å²) >= 11 is 1.47. The summed E-state index contributed by atoms with van der Waals surface area (Å²) in [5.41, 5.74) is 3.04. The van der Waals surface area contributed by atoms with Crippen LogP contribution in [-0.4, -0.2) is 27.8 Å². The summed E-state index contributed by atoms with van der Waals surface area (Å²) in [6.07, 6.45) is 0. The number of amides is 1. The van der Waals surface area contributed by atoms with Crippen LogP contribution in [0.2, 0.25) is 0 Å². The van der Waals surface area contributed by atoms with E-state index in [1.54, 1.807) is 7.11 Å². The number of thioether (sulfide) groups is 1. The van der Waals surface area contributed by atoms with E-state index >= 15 is 0 Å². The maximum atomic E-state index is 12.4. The molecule has 130 valence electrons. The minimum Gasteiger partial charge on any atom is -0.497 e. The Morgan fingerprint density at radius 2 is 1.96 bits per heavy atom. The number of carbonyl (C=O) groups is 1. The molecule has 0 unspecified atom stereocenters. The predicted molar refractivity (Wildman–Crippen MR) is 101 cm³/mol. The number of hydrogen-bond acceptors (Lipinski definition) is 4. The molecule has 0 radical (unpaired) electrons. The first-order valence-electron chi connectivity index (χ1n) is 8.07. The van der Waals surface area contributed by atoms with E-state index in [1.165, 1.54) is 11.8 Å². The van der Waals surface area contributed by atoms with E-state index in [0.717, 1.165) is 27.5 Å². The average Bonchev–Trinajstić information content (AvgIpc) is 2.96. The predicted octanol–water partition coefficient (Wildman–Crippen LogP) is 3.38. The van der Waals surface area contributed by atoms with Crippen LogP contribution >= 0.6 is 11.8 Å². The number of nitrogens with one attached hydrogen (secondary N) is 1. The molecule has 1 atom stereocenters. The van der Waals surface area contributed by atoms with Gasteiger partial charge in [-0.05, 0) is 36.8 Å². The number of hydrogen-bond donors (Lipinski definition) is 1. The van der Waals surface area contributed by atoms with Crippen molar-refractivity contribution >= 4 is 28.7 Å². The lowest BCUT2D eigenvalue weighted by molar-refractivity contribution is -0.120. The van der Waals surface area contributed by atoms with Crippen molar-refractivity contribution in [2.75, 3.05) is 7.11 Å². The van der Waals surface area contributed by atoms with E-state index in [4.69, 9.17) is 4.74 Å². The zero-order chi connectivity index (χ0) is 17.8. The molecule has 6 heteroatoms. The number of nitrogens with zero attached hydrogens (tertiary/aromatic N) is 2. The molecule has 0 spiro atoms. The number of methoxy groups -OCH3 is 1.